The van der Waals surface area contributed by atoms with Crippen molar-refractivity contribution in [2.24, 2.45) is 0 Å². The molecule has 0 saturated heterocycles. The molecule has 2 rings (SSSR count). The van der Waals surface area contributed by atoms with Gasteiger partial charge in [0.2, 0.25) is 10.0 Å². The summed E-state index contributed by atoms with van der Waals surface area (Å²) in [5, 5.41) is 2.72. The Balaban J connectivity index is 1.99. The second kappa shape index (κ2) is 5.58. The van der Waals surface area contributed by atoms with Crippen LogP contribution in [0.1, 0.15) is 12.5 Å². The zero-order chi connectivity index (χ0) is 13.9. The van der Waals surface area contributed by atoms with E-state index < -0.39 is 10.0 Å². The average molecular weight is 284 g/mol. The standard InChI is InChI=1S/C12H16N2O4S/c1-2-19(16,17)13-6-5-9-3-4-11-10(7-9)14-12(15)8-18-11/h3-4,7,13H,2,5-6,8H2,1H3,(H,14,15). The summed E-state index contributed by atoms with van der Waals surface area (Å²) in [6, 6.07) is 5.43. The number of hydrogen-bond donors (Lipinski definition) is 2. The van der Waals surface area contributed by atoms with Crippen LogP contribution >= 0.6 is 0 Å². The van der Waals surface area contributed by atoms with E-state index in [1.165, 1.54) is 0 Å². The van der Waals surface area contributed by atoms with Gasteiger partial charge in [-0.2, -0.15) is 0 Å². The fourth-order valence-corrected chi connectivity index (χ4v) is 2.36. The monoisotopic (exact) mass is 284 g/mol. The molecule has 0 aromatic heterocycles. The minimum Gasteiger partial charge on any atom is -0.482 e. The van der Waals surface area contributed by atoms with Gasteiger partial charge >= 0.3 is 0 Å². The lowest BCUT2D eigenvalue weighted by Crippen LogP contribution is -2.27. The first-order valence-corrected chi connectivity index (χ1v) is 7.68. The van der Waals surface area contributed by atoms with Crippen LogP contribution in [0.5, 0.6) is 5.75 Å². The molecule has 104 valence electrons. The molecule has 1 aliphatic rings. The molecule has 0 atom stereocenters. The van der Waals surface area contributed by atoms with Gasteiger partial charge in [0, 0.05) is 6.54 Å². The number of amides is 1. The summed E-state index contributed by atoms with van der Waals surface area (Å²) < 4.78 is 30.3. The van der Waals surface area contributed by atoms with Gasteiger partial charge in [-0.1, -0.05) is 6.07 Å². The predicted octanol–water partition coefficient (Wildman–Crippen LogP) is 0.499. The molecule has 0 saturated carbocycles. The van der Waals surface area contributed by atoms with Gasteiger partial charge in [0.05, 0.1) is 11.4 Å². The van der Waals surface area contributed by atoms with E-state index in [1.807, 2.05) is 6.07 Å². The molecule has 0 bridgehead atoms. The van der Waals surface area contributed by atoms with Crippen LogP contribution in [0.15, 0.2) is 18.2 Å². The summed E-state index contributed by atoms with van der Waals surface area (Å²) in [5.74, 6) is 0.523. The quantitative estimate of drug-likeness (QED) is 0.824. The maximum Gasteiger partial charge on any atom is 0.262 e. The van der Waals surface area contributed by atoms with Crippen molar-refractivity contribution < 1.29 is 17.9 Å². The number of sulfonamides is 1. The Hall–Kier alpha value is -1.60. The normalized spacial score (nSPS) is 14.5. The van der Waals surface area contributed by atoms with Crippen LogP contribution in [0.2, 0.25) is 0 Å². The van der Waals surface area contributed by atoms with Crippen molar-refractivity contribution in [2.45, 2.75) is 13.3 Å². The summed E-state index contributed by atoms with van der Waals surface area (Å²) in [6.45, 7) is 1.96. The van der Waals surface area contributed by atoms with Gasteiger partial charge in [0.1, 0.15) is 5.75 Å². The first kappa shape index (κ1) is 13.8. The van der Waals surface area contributed by atoms with Crippen LogP contribution in [0.4, 0.5) is 5.69 Å². The van der Waals surface area contributed by atoms with Crippen molar-refractivity contribution in [1.29, 1.82) is 0 Å². The lowest BCUT2D eigenvalue weighted by molar-refractivity contribution is -0.118. The predicted molar refractivity (Wildman–Crippen MR) is 71.7 cm³/mol. The number of nitrogens with one attached hydrogen (secondary N) is 2. The largest absolute Gasteiger partial charge is 0.482 e. The molecular weight excluding hydrogens is 268 g/mol. The molecule has 1 aromatic carbocycles. The van der Waals surface area contributed by atoms with Crippen molar-refractivity contribution in [2.75, 3.05) is 24.2 Å². The molecule has 0 aliphatic carbocycles. The minimum atomic E-state index is -3.16. The van der Waals surface area contributed by atoms with E-state index in [0.717, 1.165) is 5.56 Å². The number of hydrogen-bond acceptors (Lipinski definition) is 4. The number of anilines is 1. The smallest absolute Gasteiger partial charge is 0.262 e. The van der Waals surface area contributed by atoms with Crippen molar-refractivity contribution in [3.05, 3.63) is 23.8 Å². The van der Waals surface area contributed by atoms with Gasteiger partial charge in [-0.05, 0) is 31.0 Å². The minimum absolute atomic E-state index is 0.0304. The van der Waals surface area contributed by atoms with E-state index in [0.29, 0.717) is 24.4 Å². The molecule has 0 unspecified atom stereocenters. The topological polar surface area (TPSA) is 84.5 Å². The lowest BCUT2D eigenvalue weighted by Gasteiger charge is -2.18. The molecule has 7 heteroatoms. The van der Waals surface area contributed by atoms with Crippen LogP contribution in [-0.2, 0) is 21.2 Å². The van der Waals surface area contributed by atoms with E-state index in [9.17, 15) is 13.2 Å². The maximum atomic E-state index is 11.3. The van der Waals surface area contributed by atoms with Crippen molar-refractivity contribution in [3.63, 3.8) is 0 Å². The zero-order valence-corrected chi connectivity index (χ0v) is 11.4. The second-order valence-corrected chi connectivity index (χ2v) is 6.31. The van der Waals surface area contributed by atoms with Crippen LogP contribution in [-0.4, -0.2) is 33.2 Å². The van der Waals surface area contributed by atoms with Gasteiger partial charge in [-0.25, -0.2) is 13.1 Å². The van der Waals surface area contributed by atoms with Gasteiger partial charge in [0.15, 0.2) is 6.61 Å². The van der Waals surface area contributed by atoms with E-state index in [2.05, 4.69) is 10.0 Å². The first-order chi connectivity index (χ1) is 9.00. The van der Waals surface area contributed by atoms with Crippen LogP contribution in [0.25, 0.3) is 0 Å². The summed E-state index contributed by atoms with van der Waals surface area (Å²) in [5.41, 5.74) is 1.57. The summed E-state index contributed by atoms with van der Waals surface area (Å²) in [7, 11) is -3.16. The Labute approximate surface area is 112 Å². The Morgan fingerprint density at radius 3 is 2.95 bits per heavy atom. The number of rotatable bonds is 5. The highest BCUT2D eigenvalue weighted by atomic mass is 32.2. The third-order valence-electron chi connectivity index (χ3n) is 2.79. The molecule has 19 heavy (non-hydrogen) atoms. The molecular formula is C12H16N2O4S. The number of carbonyl (C=O) groups is 1. The zero-order valence-electron chi connectivity index (χ0n) is 10.6. The Kier molecular flexibility index (Phi) is 4.06. The third-order valence-corrected chi connectivity index (χ3v) is 4.20. The molecule has 0 fully saturated rings. The summed E-state index contributed by atoms with van der Waals surface area (Å²) in [6.07, 6.45) is 0.558. The maximum absolute atomic E-state index is 11.3. The summed E-state index contributed by atoms with van der Waals surface area (Å²) >= 11 is 0. The molecule has 1 aliphatic heterocycles. The average Bonchev–Trinajstić information content (AvgIpc) is 2.38. The highest BCUT2D eigenvalue weighted by Gasteiger charge is 2.15. The van der Waals surface area contributed by atoms with Crippen LogP contribution < -0.4 is 14.8 Å². The van der Waals surface area contributed by atoms with E-state index in [1.54, 1.807) is 19.1 Å². The Morgan fingerprint density at radius 1 is 1.42 bits per heavy atom. The molecule has 1 heterocycles. The van der Waals surface area contributed by atoms with E-state index >= 15 is 0 Å². The SMILES string of the molecule is CCS(=O)(=O)NCCc1ccc2c(c1)NC(=O)CO2. The van der Waals surface area contributed by atoms with Crippen molar-refractivity contribution in [3.8, 4) is 5.75 Å². The number of carbonyl (C=O) groups excluding carboxylic acids is 1. The van der Waals surface area contributed by atoms with Crippen LogP contribution in [0, 0.1) is 0 Å². The highest BCUT2D eigenvalue weighted by molar-refractivity contribution is 7.89. The van der Waals surface area contributed by atoms with Gasteiger partial charge in [-0.15, -0.1) is 0 Å². The molecule has 2 N–H and O–H groups in total. The van der Waals surface area contributed by atoms with Crippen molar-refractivity contribution >= 4 is 21.6 Å². The number of ether oxygens (including phenoxy) is 1. The van der Waals surface area contributed by atoms with E-state index in [-0.39, 0.29) is 18.3 Å². The van der Waals surface area contributed by atoms with Gasteiger partial charge in [-0.3, -0.25) is 4.79 Å². The highest BCUT2D eigenvalue weighted by Crippen LogP contribution is 2.28. The fraction of sp³-hybridized carbons (Fsp3) is 0.417. The molecule has 1 amide bonds. The third kappa shape index (κ3) is 3.68. The number of benzene rings is 1. The Morgan fingerprint density at radius 2 is 2.21 bits per heavy atom. The summed E-state index contributed by atoms with van der Waals surface area (Å²) in [4.78, 5) is 11.2. The lowest BCUT2D eigenvalue weighted by atomic mass is 10.1. The van der Waals surface area contributed by atoms with E-state index in [4.69, 9.17) is 4.74 Å². The van der Waals surface area contributed by atoms with Gasteiger partial charge in [0.25, 0.3) is 5.91 Å². The second-order valence-electron chi connectivity index (χ2n) is 4.22. The van der Waals surface area contributed by atoms with Crippen LogP contribution in [0.3, 0.4) is 0 Å². The molecule has 6 nitrogen and oxygen atoms in total. The Bertz CT molecular complexity index is 583. The first-order valence-electron chi connectivity index (χ1n) is 6.03. The molecule has 1 aromatic rings. The molecule has 0 spiro atoms. The van der Waals surface area contributed by atoms with Gasteiger partial charge < -0.3 is 10.1 Å². The number of fused-ring (bicyclic) bond motifs is 1. The van der Waals surface area contributed by atoms with Crippen molar-refractivity contribution in [1.82, 2.24) is 4.72 Å². The fourth-order valence-electron chi connectivity index (χ4n) is 1.74. The molecule has 0 radical (unpaired) electrons.